The van der Waals surface area contributed by atoms with Crippen LogP contribution in [0.3, 0.4) is 0 Å². The van der Waals surface area contributed by atoms with Crippen LogP contribution in [0.15, 0.2) is 0 Å². The Labute approximate surface area is 126 Å². The molecule has 0 aromatic rings. The van der Waals surface area contributed by atoms with Crippen LogP contribution in [-0.2, 0) is 14.6 Å². The number of sulfone groups is 1. The van der Waals surface area contributed by atoms with Crippen molar-refractivity contribution < 1.29 is 18.0 Å². The molecular weight excluding hydrogens is 294 g/mol. The fourth-order valence-electron chi connectivity index (χ4n) is 2.32. The average Bonchev–Trinajstić information content (AvgIpc) is 2.68. The molecule has 0 aromatic carbocycles. The Balaban J connectivity index is 2.32. The summed E-state index contributed by atoms with van der Waals surface area (Å²) in [6.45, 7) is 4.24. The summed E-state index contributed by atoms with van der Waals surface area (Å²) in [7, 11) is -1.21. The van der Waals surface area contributed by atoms with Gasteiger partial charge in [0.1, 0.15) is 0 Å². The second-order valence-electron chi connectivity index (χ2n) is 5.67. The number of urea groups is 1. The molecule has 0 spiro atoms. The molecule has 1 heterocycles. The van der Waals surface area contributed by atoms with Crippen molar-refractivity contribution in [1.82, 2.24) is 15.5 Å². The number of carbonyl (C=O) groups is 2. The van der Waals surface area contributed by atoms with Gasteiger partial charge in [-0.15, -0.1) is 0 Å². The number of hydrogen-bond donors (Lipinski definition) is 2. The summed E-state index contributed by atoms with van der Waals surface area (Å²) in [6, 6.07) is -0.762. The van der Waals surface area contributed by atoms with E-state index in [4.69, 9.17) is 0 Å². The van der Waals surface area contributed by atoms with Gasteiger partial charge in [0, 0.05) is 12.1 Å². The summed E-state index contributed by atoms with van der Waals surface area (Å²) in [5, 5.41) is 4.76. The number of carbonyl (C=O) groups excluding carboxylic acids is 2. The predicted molar refractivity (Wildman–Crippen MR) is 80.7 cm³/mol. The number of nitrogens with zero attached hydrogens (tertiary/aromatic N) is 1. The number of amides is 3. The molecule has 1 aliphatic rings. The van der Waals surface area contributed by atoms with E-state index in [1.54, 1.807) is 0 Å². The van der Waals surface area contributed by atoms with Gasteiger partial charge in [0.15, 0.2) is 9.84 Å². The van der Waals surface area contributed by atoms with Crippen LogP contribution >= 0.6 is 0 Å². The topological polar surface area (TPSA) is 95.6 Å². The second-order valence-corrected chi connectivity index (χ2v) is 7.90. The van der Waals surface area contributed by atoms with E-state index in [2.05, 4.69) is 17.6 Å². The number of hydrogen-bond acceptors (Lipinski definition) is 5. The molecule has 122 valence electrons. The van der Waals surface area contributed by atoms with Gasteiger partial charge < -0.3 is 5.32 Å². The van der Waals surface area contributed by atoms with Crippen LogP contribution in [-0.4, -0.2) is 62.4 Å². The lowest BCUT2D eigenvalue weighted by atomic mass is 10.2. The predicted octanol–water partition coefficient (Wildman–Crippen LogP) is 0.120. The first-order valence-corrected chi connectivity index (χ1v) is 9.06. The molecule has 8 heteroatoms. The Morgan fingerprint density at radius 3 is 2.57 bits per heavy atom. The maximum Gasteiger partial charge on any atom is 0.321 e. The van der Waals surface area contributed by atoms with E-state index in [1.165, 1.54) is 0 Å². The first-order valence-electron chi connectivity index (χ1n) is 7.24. The van der Waals surface area contributed by atoms with Crippen molar-refractivity contribution >= 4 is 21.8 Å². The normalized spacial score (nSPS) is 22.0. The van der Waals surface area contributed by atoms with Crippen molar-refractivity contribution in [1.29, 1.82) is 0 Å². The van der Waals surface area contributed by atoms with Crippen LogP contribution in [0.5, 0.6) is 0 Å². The summed E-state index contributed by atoms with van der Waals surface area (Å²) < 4.78 is 22.6. The van der Waals surface area contributed by atoms with Crippen molar-refractivity contribution in [3.05, 3.63) is 0 Å². The average molecular weight is 319 g/mol. The summed E-state index contributed by atoms with van der Waals surface area (Å²) in [5.74, 6) is -0.357. The van der Waals surface area contributed by atoms with Crippen LogP contribution < -0.4 is 10.6 Å². The fourth-order valence-corrected chi connectivity index (χ4v) is 3.99. The molecule has 1 fully saturated rings. The van der Waals surface area contributed by atoms with E-state index < -0.39 is 21.9 Å². The molecule has 2 atom stereocenters. The molecule has 2 N–H and O–H groups in total. The molecular formula is C13H25N3O4S. The lowest BCUT2D eigenvalue weighted by molar-refractivity contribution is -0.121. The van der Waals surface area contributed by atoms with Gasteiger partial charge in [0.2, 0.25) is 5.91 Å². The van der Waals surface area contributed by atoms with Crippen molar-refractivity contribution in [2.24, 2.45) is 0 Å². The van der Waals surface area contributed by atoms with Crippen LogP contribution in [0.2, 0.25) is 0 Å². The number of rotatable bonds is 6. The van der Waals surface area contributed by atoms with Crippen molar-refractivity contribution in [3.63, 3.8) is 0 Å². The maximum atomic E-state index is 11.7. The number of imide groups is 1. The maximum absolute atomic E-state index is 11.7. The van der Waals surface area contributed by atoms with Gasteiger partial charge in [-0.1, -0.05) is 13.3 Å². The fraction of sp³-hybridized carbons (Fsp3) is 0.846. The molecule has 0 saturated carbocycles. The van der Waals surface area contributed by atoms with Crippen molar-refractivity contribution in [2.75, 3.05) is 25.1 Å². The van der Waals surface area contributed by atoms with Crippen molar-refractivity contribution in [2.45, 2.75) is 45.2 Å². The van der Waals surface area contributed by atoms with Gasteiger partial charge in [0.05, 0.1) is 18.1 Å². The third kappa shape index (κ3) is 6.43. The first kappa shape index (κ1) is 17.9. The Hall–Kier alpha value is -1.15. The van der Waals surface area contributed by atoms with E-state index >= 15 is 0 Å². The van der Waals surface area contributed by atoms with Gasteiger partial charge in [-0.2, -0.15) is 0 Å². The van der Waals surface area contributed by atoms with Crippen molar-refractivity contribution in [3.8, 4) is 0 Å². The summed E-state index contributed by atoms with van der Waals surface area (Å²) in [4.78, 5) is 25.3. The molecule has 0 radical (unpaired) electrons. The van der Waals surface area contributed by atoms with Crippen LogP contribution in [0.1, 0.15) is 33.1 Å². The van der Waals surface area contributed by atoms with Gasteiger partial charge in [-0.3, -0.25) is 15.0 Å². The minimum atomic E-state index is -3.04. The highest BCUT2D eigenvalue weighted by Gasteiger charge is 2.29. The third-order valence-corrected chi connectivity index (χ3v) is 5.44. The zero-order valence-corrected chi connectivity index (χ0v) is 13.7. The third-order valence-electron chi connectivity index (χ3n) is 3.67. The van der Waals surface area contributed by atoms with E-state index in [0.29, 0.717) is 6.42 Å². The molecule has 0 bridgehead atoms. The zero-order chi connectivity index (χ0) is 16.0. The zero-order valence-electron chi connectivity index (χ0n) is 12.9. The highest BCUT2D eigenvalue weighted by atomic mass is 32.2. The molecule has 0 unspecified atom stereocenters. The van der Waals surface area contributed by atoms with Gasteiger partial charge >= 0.3 is 6.03 Å². The van der Waals surface area contributed by atoms with Crippen LogP contribution in [0.4, 0.5) is 4.79 Å². The molecule has 7 nitrogen and oxygen atoms in total. The summed E-state index contributed by atoms with van der Waals surface area (Å²) in [6.07, 6.45) is 2.41. The molecule has 21 heavy (non-hydrogen) atoms. The quantitative estimate of drug-likeness (QED) is 0.725. The Morgan fingerprint density at radius 2 is 2.05 bits per heavy atom. The van der Waals surface area contributed by atoms with E-state index in [0.717, 1.165) is 12.8 Å². The van der Waals surface area contributed by atoms with Gasteiger partial charge in [0.25, 0.3) is 0 Å². The summed E-state index contributed by atoms with van der Waals surface area (Å²) >= 11 is 0. The Kier molecular flexibility index (Phi) is 6.60. The number of likely N-dealkylation sites (N-methyl/N-ethyl adjacent to an activating group) is 1. The molecule has 1 aliphatic heterocycles. The Morgan fingerprint density at radius 1 is 1.38 bits per heavy atom. The van der Waals surface area contributed by atoms with Crippen LogP contribution in [0.25, 0.3) is 0 Å². The first-order chi connectivity index (χ1) is 9.73. The molecule has 1 saturated heterocycles. The molecule has 3 amide bonds. The lowest BCUT2D eigenvalue weighted by Crippen LogP contribution is -2.48. The minimum Gasteiger partial charge on any atom is -0.334 e. The summed E-state index contributed by atoms with van der Waals surface area (Å²) in [5.41, 5.74) is 0. The molecule has 0 aliphatic carbocycles. The molecule has 0 aromatic heterocycles. The smallest absolute Gasteiger partial charge is 0.321 e. The Bertz CT molecular complexity index is 478. The largest absolute Gasteiger partial charge is 0.334 e. The minimum absolute atomic E-state index is 0.0535. The monoisotopic (exact) mass is 319 g/mol. The second kappa shape index (κ2) is 7.74. The lowest BCUT2D eigenvalue weighted by Gasteiger charge is -2.23. The van der Waals surface area contributed by atoms with Gasteiger partial charge in [-0.05, 0) is 26.8 Å². The highest BCUT2D eigenvalue weighted by Crippen LogP contribution is 2.10. The van der Waals surface area contributed by atoms with E-state index in [1.807, 2.05) is 18.9 Å². The molecule has 1 rings (SSSR count). The highest BCUT2D eigenvalue weighted by molar-refractivity contribution is 7.91. The SMILES string of the molecule is CCC[C@@H](C)N(C)CC(=O)NC(=O)N[C@@H]1CCS(=O)(=O)C1. The standard InChI is InChI=1S/C13H25N3O4S/c1-4-5-10(2)16(3)8-12(17)15-13(18)14-11-6-7-21(19,20)9-11/h10-11H,4-9H2,1-3H3,(H2,14,15,17,18)/t10-,11-/m1/s1. The number of nitrogens with one attached hydrogen (secondary N) is 2. The van der Waals surface area contributed by atoms with Gasteiger partial charge in [-0.25, -0.2) is 13.2 Å². The van der Waals surface area contributed by atoms with E-state index in [-0.39, 0.29) is 30.0 Å². The van der Waals surface area contributed by atoms with Crippen LogP contribution in [0, 0.1) is 0 Å². The van der Waals surface area contributed by atoms with E-state index in [9.17, 15) is 18.0 Å².